The number of ether oxygens (including phenoxy) is 2. The summed E-state index contributed by atoms with van der Waals surface area (Å²) in [5.74, 6) is -1.64. The van der Waals surface area contributed by atoms with E-state index in [4.69, 9.17) is 19.7 Å². The Labute approximate surface area is 117 Å². The molecule has 1 aliphatic rings. The number of carbonyl (C=O) groups excluding carboxylic acids is 2. The van der Waals surface area contributed by atoms with Gasteiger partial charge in [-0.2, -0.15) is 0 Å². The van der Waals surface area contributed by atoms with Crippen LogP contribution in [0.2, 0.25) is 0 Å². The molecule has 0 aromatic carbocycles. The molecule has 1 unspecified atom stereocenters. The first kappa shape index (κ1) is 16.1. The van der Waals surface area contributed by atoms with E-state index in [0.29, 0.717) is 11.1 Å². The molecule has 6 heteroatoms. The number of aliphatic hydroxyl groups excluding tert-OH is 2. The smallest absolute Gasteiger partial charge is 0.338 e. The molecule has 20 heavy (non-hydrogen) atoms. The Kier molecular flexibility index (Phi) is 6.69. The van der Waals surface area contributed by atoms with Gasteiger partial charge in [0.05, 0.1) is 24.7 Å². The second-order valence-electron chi connectivity index (χ2n) is 3.98. The third kappa shape index (κ3) is 4.32. The van der Waals surface area contributed by atoms with Crippen molar-refractivity contribution < 1.29 is 29.3 Å². The lowest BCUT2D eigenvalue weighted by Gasteiger charge is -2.17. The van der Waals surface area contributed by atoms with E-state index in [9.17, 15) is 9.59 Å². The quantitative estimate of drug-likeness (QED) is 0.672. The molecule has 0 amide bonds. The van der Waals surface area contributed by atoms with Crippen LogP contribution in [0.4, 0.5) is 0 Å². The lowest BCUT2D eigenvalue weighted by molar-refractivity contribution is -0.146. The fourth-order valence-corrected chi connectivity index (χ4v) is 1.69. The molecule has 0 aromatic rings. The number of hydrogen-bond acceptors (Lipinski definition) is 6. The topological polar surface area (TPSA) is 93.1 Å². The van der Waals surface area contributed by atoms with Gasteiger partial charge in [0.1, 0.15) is 13.2 Å². The van der Waals surface area contributed by atoms with E-state index < -0.39 is 17.9 Å². The van der Waals surface area contributed by atoms with Gasteiger partial charge in [-0.3, -0.25) is 4.79 Å². The molecule has 0 aliphatic heterocycles. The highest BCUT2D eigenvalue weighted by Crippen LogP contribution is 2.24. The fourth-order valence-electron chi connectivity index (χ4n) is 1.69. The van der Waals surface area contributed by atoms with Crippen LogP contribution in [0.25, 0.3) is 0 Å². The Bertz CT molecular complexity index is 447. The van der Waals surface area contributed by atoms with Crippen LogP contribution in [-0.4, -0.2) is 48.6 Å². The Morgan fingerprint density at radius 3 is 2.50 bits per heavy atom. The summed E-state index contributed by atoms with van der Waals surface area (Å²) in [7, 11) is 0. The zero-order chi connectivity index (χ0) is 15.0. The number of allylic oxidation sites excluding steroid dienone is 2. The summed E-state index contributed by atoms with van der Waals surface area (Å²) in [6, 6.07) is 0. The van der Waals surface area contributed by atoms with Gasteiger partial charge in [-0.15, -0.1) is 0 Å². The molecule has 0 aromatic heterocycles. The van der Waals surface area contributed by atoms with Crippen molar-refractivity contribution in [3.8, 4) is 0 Å². The van der Waals surface area contributed by atoms with E-state index in [1.54, 1.807) is 25.2 Å². The molecule has 0 heterocycles. The predicted molar refractivity (Wildman–Crippen MR) is 70.6 cm³/mol. The van der Waals surface area contributed by atoms with Gasteiger partial charge in [-0.05, 0) is 18.6 Å². The molecule has 1 atom stereocenters. The summed E-state index contributed by atoms with van der Waals surface area (Å²) in [5, 5.41) is 17.2. The number of esters is 2. The van der Waals surface area contributed by atoms with E-state index >= 15 is 0 Å². The summed E-state index contributed by atoms with van der Waals surface area (Å²) in [4.78, 5) is 23.4. The van der Waals surface area contributed by atoms with Crippen molar-refractivity contribution in [2.75, 3.05) is 26.4 Å². The second-order valence-corrected chi connectivity index (χ2v) is 3.98. The Morgan fingerprint density at radius 1 is 1.25 bits per heavy atom. The van der Waals surface area contributed by atoms with Crippen molar-refractivity contribution in [2.45, 2.75) is 6.92 Å². The van der Waals surface area contributed by atoms with E-state index in [2.05, 4.69) is 0 Å². The lowest BCUT2D eigenvalue weighted by Crippen LogP contribution is -2.22. The van der Waals surface area contributed by atoms with Crippen molar-refractivity contribution in [3.63, 3.8) is 0 Å². The summed E-state index contributed by atoms with van der Waals surface area (Å²) in [5.41, 5.74) is 0.921. The lowest BCUT2D eigenvalue weighted by atomic mass is 9.91. The minimum atomic E-state index is -0.596. The van der Waals surface area contributed by atoms with Gasteiger partial charge in [-0.25, -0.2) is 4.79 Å². The van der Waals surface area contributed by atoms with Gasteiger partial charge in [0.15, 0.2) is 0 Å². The van der Waals surface area contributed by atoms with E-state index in [0.717, 1.165) is 0 Å². The van der Waals surface area contributed by atoms with Crippen molar-refractivity contribution >= 4 is 11.9 Å². The highest BCUT2D eigenvalue weighted by atomic mass is 16.5. The van der Waals surface area contributed by atoms with E-state index in [1.165, 1.54) is 6.08 Å². The second kappa shape index (κ2) is 8.29. The zero-order valence-corrected chi connectivity index (χ0v) is 11.2. The Balaban J connectivity index is 2.75. The van der Waals surface area contributed by atoms with Crippen molar-refractivity contribution in [3.05, 3.63) is 35.5 Å². The average molecular weight is 282 g/mol. The van der Waals surface area contributed by atoms with Gasteiger partial charge in [-0.1, -0.05) is 18.2 Å². The SMILES string of the molecule is CC=C1C=C(C(=O)OCCO)C=CC1C(=O)OCCO. The Hall–Kier alpha value is -1.92. The maximum Gasteiger partial charge on any atom is 0.338 e. The van der Waals surface area contributed by atoms with E-state index in [-0.39, 0.29) is 26.4 Å². The first-order valence-corrected chi connectivity index (χ1v) is 6.25. The molecular formula is C14H18O6. The summed E-state index contributed by atoms with van der Waals surface area (Å²) < 4.78 is 9.66. The monoisotopic (exact) mass is 282 g/mol. The van der Waals surface area contributed by atoms with Crippen LogP contribution in [0, 0.1) is 5.92 Å². The molecule has 0 spiro atoms. The van der Waals surface area contributed by atoms with Gasteiger partial charge < -0.3 is 19.7 Å². The maximum atomic E-state index is 11.8. The first-order chi connectivity index (χ1) is 9.63. The third-order valence-electron chi connectivity index (χ3n) is 2.63. The standard InChI is InChI=1S/C14H18O6/c1-2-10-9-11(13(17)19-7-5-15)3-4-12(10)14(18)20-8-6-16/h2-4,9,12,15-16H,5-8H2,1H3. The molecule has 110 valence electrons. The molecule has 0 fully saturated rings. The highest BCUT2D eigenvalue weighted by molar-refractivity contribution is 5.94. The van der Waals surface area contributed by atoms with Crippen LogP contribution in [0.15, 0.2) is 35.5 Å². The minimum absolute atomic E-state index is 0.0602. The van der Waals surface area contributed by atoms with Gasteiger partial charge in [0.25, 0.3) is 0 Å². The van der Waals surface area contributed by atoms with E-state index in [1.807, 2.05) is 0 Å². The summed E-state index contributed by atoms with van der Waals surface area (Å²) in [6.07, 6.45) is 6.28. The summed E-state index contributed by atoms with van der Waals surface area (Å²) in [6.45, 7) is 1.14. The van der Waals surface area contributed by atoms with Gasteiger partial charge >= 0.3 is 11.9 Å². The van der Waals surface area contributed by atoms with Crippen LogP contribution in [0.3, 0.4) is 0 Å². The zero-order valence-electron chi connectivity index (χ0n) is 11.2. The molecule has 0 bridgehead atoms. The number of carbonyl (C=O) groups is 2. The average Bonchev–Trinajstić information content (AvgIpc) is 2.49. The molecule has 0 saturated carbocycles. The van der Waals surface area contributed by atoms with Crippen LogP contribution in [-0.2, 0) is 19.1 Å². The predicted octanol–water partition coefficient (Wildman–Crippen LogP) is 0.116. The van der Waals surface area contributed by atoms with Crippen LogP contribution in [0.1, 0.15) is 6.92 Å². The van der Waals surface area contributed by atoms with Crippen LogP contribution in [0.5, 0.6) is 0 Å². The molecule has 6 nitrogen and oxygen atoms in total. The summed E-state index contributed by atoms with van der Waals surface area (Å²) >= 11 is 0. The van der Waals surface area contributed by atoms with Crippen molar-refractivity contribution in [1.82, 2.24) is 0 Å². The van der Waals surface area contributed by atoms with Crippen LogP contribution >= 0.6 is 0 Å². The molecular weight excluding hydrogens is 264 g/mol. The van der Waals surface area contributed by atoms with Crippen molar-refractivity contribution in [2.24, 2.45) is 5.92 Å². The highest BCUT2D eigenvalue weighted by Gasteiger charge is 2.25. The molecule has 0 radical (unpaired) electrons. The fraction of sp³-hybridized carbons (Fsp3) is 0.429. The molecule has 2 N–H and O–H groups in total. The van der Waals surface area contributed by atoms with Crippen molar-refractivity contribution in [1.29, 1.82) is 0 Å². The molecule has 1 aliphatic carbocycles. The van der Waals surface area contributed by atoms with Gasteiger partial charge in [0.2, 0.25) is 0 Å². The molecule has 0 saturated heterocycles. The molecule has 1 rings (SSSR count). The number of aliphatic hydroxyl groups is 2. The largest absolute Gasteiger partial charge is 0.463 e. The first-order valence-electron chi connectivity index (χ1n) is 6.25. The van der Waals surface area contributed by atoms with Crippen LogP contribution < -0.4 is 0 Å². The minimum Gasteiger partial charge on any atom is -0.463 e. The normalized spacial score (nSPS) is 19.6. The Morgan fingerprint density at radius 2 is 1.90 bits per heavy atom. The van der Waals surface area contributed by atoms with Gasteiger partial charge in [0, 0.05) is 0 Å². The third-order valence-corrected chi connectivity index (χ3v) is 2.63. The number of hydrogen-bond donors (Lipinski definition) is 2. The number of rotatable bonds is 6. The maximum absolute atomic E-state index is 11.8.